The fraction of sp³-hybridized carbons (Fsp3) is 0.562. The molecular weight excluding hydrogens is 254 g/mol. The van der Waals surface area contributed by atoms with Crippen molar-refractivity contribution in [1.29, 1.82) is 0 Å². The summed E-state index contributed by atoms with van der Waals surface area (Å²) in [5, 5.41) is 13.0. The first-order valence-corrected chi connectivity index (χ1v) is 7.31. The number of carboxylic acids is 1. The second-order valence-electron chi connectivity index (χ2n) is 6.07. The second-order valence-corrected chi connectivity index (χ2v) is 6.07. The van der Waals surface area contributed by atoms with Gasteiger partial charge in [-0.1, -0.05) is 17.7 Å². The van der Waals surface area contributed by atoms with Crippen molar-refractivity contribution in [2.45, 2.75) is 44.2 Å². The minimum atomic E-state index is -0.911. The van der Waals surface area contributed by atoms with Crippen LogP contribution in [0.25, 0.3) is 0 Å². The molecule has 0 bridgehead atoms. The summed E-state index contributed by atoms with van der Waals surface area (Å²) in [5.41, 5.74) is 0.256. The van der Waals surface area contributed by atoms with Crippen LogP contribution in [-0.4, -0.2) is 29.3 Å². The van der Waals surface area contributed by atoms with Crippen LogP contribution in [0.3, 0.4) is 0 Å². The molecule has 0 radical (unpaired) electrons. The second kappa shape index (κ2) is 5.09. The van der Waals surface area contributed by atoms with Gasteiger partial charge in [-0.25, -0.2) is 0 Å². The smallest absolute Gasteiger partial charge is 0.327 e. The Kier molecular flexibility index (Phi) is 3.42. The van der Waals surface area contributed by atoms with Crippen LogP contribution >= 0.6 is 0 Å². The van der Waals surface area contributed by atoms with Gasteiger partial charge in [0, 0.05) is 6.04 Å². The van der Waals surface area contributed by atoms with E-state index >= 15 is 0 Å². The minimum absolute atomic E-state index is 0.200. The Morgan fingerprint density at radius 1 is 1.30 bits per heavy atom. The summed E-state index contributed by atoms with van der Waals surface area (Å²) < 4.78 is 5.77. The van der Waals surface area contributed by atoms with Gasteiger partial charge in [0.05, 0.1) is 0 Å². The summed E-state index contributed by atoms with van der Waals surface area (Å²) in [7, 11) is 0. The zero-order valence-electron chi connectivity index (χ0n) is 11.8. The largest absolute Gasteiger partial charge is 0.491 e. The zero-order valence-corrected chi connectivity index (χ0v) is 11.8. The zero-order chi connectivity index (χ0) is 14.2. The minimum Gasteiger partial charge on any atom is -0.491 e. The van der Waals surface area contributed by atoms with Gasteiger partial charge in [-0.2, -0.15) is 0 Å². The Hall–Kier alpha value is -1.55. The fourth-order valence-corrected chi connectivity index (χ4v) is 2.58. The highest BCUT2D eigenvalue weighted by atomic mass is 16.5. The van der Waals surface area contributed by atoms with Crippen LogP contribution in [0.1, 0.15) is 31.2 Å². The highest BCUT2D eigenvalue weighted by Crippen LogP contribution is 2.42. The molecule has 0 amide bonds. The lowest BCUT2D eigenvalue weighted by molar-refractivity contribution is -0.147. The number of ether oxygens (including phenoxy) is 1. The molecular formula is C16H21NO3. The molecule has 4 heteroatoms. The van der Waals surface area contributed by atoms with Gasteiger partial charge in [-0.3, -0.25) is 10.1 Å². The molecule has 1 atom stereocenters. The summed E-state index contributed by atoms with van der Waals surface area (Å²) in [6.07, 6.45) is 4.10. The number of carbonyl (C=O) groups is 1. The monoisotopic (exact) mass is 275 g/mol. The molecule has 2 fully saturated rings. The topological polar surface area (TPSA) is 58.6 Å². The normalized spacial score (nSPS) is 21.2. The van der Waals surface area contributed by atoms with Gasteiger partial charge in [-0.15, -0.1) is 0 Å². The maximum atomic E-state index is 11.8. The Bertz CT molecular complexity index is 491. The lowest BCUT2D eigenvalue weighted by Gasteiger charge is -2.31. The van der Waals surface area contributed by atoms with E-state index in [2.05, 4.69) is 5.32 Å². The molecule has 20 heavy (non-hydrogen) atoms. The first kappa shape index (κ1) is 13.4. The molecule has 0 aliphatic heterocycles. The van der Waals surface area contributed by atoms with Crippen LogP contribution in [0.4, 0.5) is 0 Å². The van der Waals surface area contributed by atoms with Crippen molar-refractivity contribution in [3.8, 4) is 5.75 Å². The van der Waals surface area contributed by atoms with Gasteiger partial charge in [0.1, 0.15) is 12.4 Å². The molecule has 2 aliphatic carbocycles. The molecule has 1 aromatic carbocycles. The quantitative estimate of drug-likeness (QED) is 0.802. The number of benzene rings is 1. The van der Waals surface area contributed by atoms with Crippen LogP contribution in [0.15, 0.2) is 24.3 Å². The van der Waals surface area contributed by atoms with E-state index in [1.54, 1.807) is 0 Å². The van der Waals surface area contributed by atoms with Gasteiger partial charge >= 0.3 is 5.97 Å². The van der Waals surface area contributed by atoms with Crippen molar-refractivity contribution in [1.82, 2.24) is 5.32 Å². The summed E-state index contributed by atoms with van der Waals surface area (Å²) in [6.45, 7) is 2.22. The van der Waals surface area contributed by atoms with Gasteiger partial charge < -0.3 is 9.84 Å². The molecule has 0 saturated heterocycles. The van der Waals surface area contributed by atoms with Crippen molar-refractivity contribution in [2.75, 3.05) is 6.61 Å². The van der Waals surface area contributed by atoms with E-state index in [1.165, 1.54) is 5.56 Å². The summed E-state index contributed by atoms with van der Waals surface area (Å²) in [4.78, 5) is 11.8. The number of carboxylic acid groups (broad SMARTS) is 1. The van der Waals surface area contributed by atoms with Crippen LogP contribution < -0.4 is 10.1 Å². The molecule has 1 unspecified atom stereocenters. The average Bonchev–Trinajstić information content (AvgIpc) is 3.28. The Morgan fingerprint density at radius 3 is 2.45 bits per heavy atom. The Labute approximate surface area is 119 Å². The van der Waals surface area contributed by atoms with E-state index in [4.69, 9.17) is 4.74 Å². The summed E-state index contributed by atoms with van der Waals surface area (Å²) >= 11 is 0. The first-order chi connectivity index (χ1) is 9.60. The van der Waals surface area contributed by atoms with Gasteiger partial charge in [0.2, 0.25) is 0 Å². The van der Waals surface area contributed by atoms with E-state index in [-0.39, 0.29) is 12.5 Å². The summed E-state index contributed by atoms with van der Waals surface area (Å²) in [5.74, 6) is 0.157. The number of nitrogens with one attached hydrogen (secondary N) is 1. The standard InChI is InChI=1S/C16H21NO3/c1-11-2-8-14(9-3-11)20-10-16(15(18)19,12-4-5-12)17-13-6-7-13/h2-3,8-9,12-13,17H,4-7,10H2,1H3,(H,18,19). The Balaban J connectivity index is 1.71. The maximum Gasteiger partial charge on any atom is 0.327 e. The van der Waals surface area contributed by atoms with E-state index in [0.29, 0.717) is 6.04 Å². The lowest BCUT2D eigenvalue weighted by atomic mass is 9.94. The molecule has 0 spiro atoms. The van der Waals surface area contributed by atoms with Crippen molar-refractivity contribution < 1.29 is 14.6 Å². The maximum absolute atomic E-state index is 11.8. The molecule has 4 nitrogen and oxygen atoms in total. The fourth-order valence-electron chi connectivity index (χ4n) is 2.58. The number of aryl methyl sites for hydroxylation is 1. The van der Waals surface area contributed by atoms with Crippen molar-refractivity contribution in [3.63, 3.8) is 0 Å². The van der Waals surface area contributed by atoms with Crippen LogP contribution in [0.5, 0.6) is 5.75 Å². The molecule has 3 rings (SSSR count). The van der Waals surface area contributed by atoms with Crippen LogP contribution in [0.2, 0.25) is 0 Å². The van der Waals surface area contributed by atoms with Crippen LogP contribution in [-0.2, 0) is 4.79 Å². The van der Waals surface area contributed by atoms with Gasteiger partial charge in [0.15, 0.2) is 5.54 Å². The third-order valence-corrected chi connectivity index (χ3v) is 4.18. The highest BCUT2D eigenvalue weighted by molar-refractivity contribution is 5.80. The average molecular weight is 275 g/mol. The molecule has 2 saturated carbocycles. The van der Waals surface area contributed by atoms with Crippen LogP contribution in [0, 0.1) is 12.8 Å². The molecule has 2 aliphatic rings. The lowest BCUT2D eigenvalue weighted by Crippen LogP contribution is -2.59. The molecule has 1 aromatic rings. The predicted octanol–water partition coefficient (Wildman–Crippen LogP) is 2.36. The van der Waals surface area contributed by atoms with E-state index < -0.39 is 11.5 Å². The molecule has 2 N–H and O–H groups in total. The van der Waals surface area contributed by atoms with E-state index in [0.717, 1.165) is 31.4 Å². The SMILES string of the molecule is Cc1ccc(OCC(NC2CC2)(C(=O)O)C2CC2)cc1. The number of aliphatic carboxylic acids is 1. The van der Waals surface area contributed by atoms with Crippen molar-refractivity contribution in [3.05, 3.63) is 29.8 Å². The number of hydrogen-bond donors (Lipinski definition) is 2. The molecule has 108 valence electrons. The van der Waals surface area contributed by atoms with Gasteiger partial charge in [0.25, 0.3) is 0 Å². The third-order valence-electron chi connectivity index (χ3n) is 4.18. The van der Waals surface area contributed by atoms with Crippen molar-refractivity contribution >= 4 is 5.97 Å². The number of hydrogen-bond acceptors (Lipinski definition) is 3. The first-order valence-electron chi connectivity index (χ1n) is 7.31. The van der Waals surface area contributed by atoms with E-state index in [1.807, 2.05) is 31.2 Å². The van der Waals surface area contributed by atoms with Gasteiger partial charge in [-0.05, 0) is 50.7 Å². The predicted molar refractivity (Wildman–Crippen MR) is 75.9 cm³/mol. The molecule has 0 heterocycles. The Morgan fingerprint density at radius 2 is 1.95 bits per heavy atom. The number of rotatable bonds is 7. The summed E-state index contributed by atoms with van der Waals surface area (Å²) in [6, 6.07) is 8.10. The highest BCUT2D eigenvalue weighted by Gasteiger charge is 2.54. The molecule has 0 aromatic heterocycles. The van der Waals surface area contributed by atoms with Crippen molar-refractivity contribution in [2.24, 2.45) is 5.92 Å². The van der Waals surface area contributed by atoms with E-state index in [9.17, 15) is 9.90 Å². The third kappa shape index (κ3) is 2.80.